The first kappa shape index (κ1) is 58.4. The molecule has 0 saturated heterocycles. The van der Waals surface area contributed by atoms with Gasteiger partial charge in [-0.3, -0.25) is 9.59 Å². The summed E-state index contributed by atoms with van der Waals surface area (Å²) < 4.78 is 2.30. The molecule has 10 heteroatoms. The Labute approximate surface area is 570 Å². The molecule has 4 heterocycles. The maximum atomic E-state index is 14.0. The molecular formula is C86H50N4O2S4. The first-order valence-corrected chi connectivity index (χ1v) is 34.7. The minimum atomic E-state index is -0.763. The first-order chi connectivity index (χ1) is 46.8. The van der Waals surface area contributed by atoms with Gasteiger partial charge in [0.1, 0.15) is 35.4 Å². The predicted octanol–water partition coefficient (Wildman–Crippen LogP) is 21.7. The standard InChI is InChI=1S/C86H50N4O2S4/c1-47-13-21-55(22-14-47)85(56-23-15-48(2)16-24-56)71-33-51-35-79(75-31-29-59(93-75)37-69-81(53(43-87)44-88)61-9-5-7-11-63(61)83(69)91)95-77(51)41-67(71)65-40-74-66(39-73(65)85)68-42-78-52(34-72(68)86(74,57-25-17-49(3)18-26-57)58-27-19-50(4)20-28-58)36-80(96-78)76-32-30-60(94-76)38-70-82(54(45-89)46-90)62-10-6-8-12-64(62)84(70)92/h5-42H,1-4H3/b69-37-,70-38-. The number of hydrogen-bond donors (Lipinski definition) is 0. The summed E-state index contributed by atoms with van der Waals surface area (Å²) in [6.45, 7) is 8.60. The molecule has 0 bridgehead atoms. The van der Waals surface area contributed by atoms with Crippen LogP contribution in [0.1, 0.15) is 108 Å². The van der Waals surface area contributed by atoms with E-state index < -0.39 is 10.8 Å². The van der Waals surface area contributed by atoms with Gasteiger partial charge in [-0.2, -0.15) is 21.0 Å². The normalized spacial score (nSPS) is 15.0. The Hall–Kier alpha value is -11.4. The van der Waals surface area contributed by atoms with E-state index in [-0.39, 0.29) is 22.7 Å². The second-order valence-electron chi connectivity index (χ2n) is 25.2. The molecule has 0 amide bonds. The monoisotopic (exact) mass is 1300 g/mol. The van der Waals surface area contributed by atoms with Crippen molar-refractivity contribution in [1.29, 1.82) is 21.0 Å². The van der Waals surface area contributed by atoms with E-state index in [1.165, 1.54) is 89.0 Å². The highest BCUT2D eigenvalue weighted by atomic mass is 32.1. The lowest BCUT2D eigenvalue weighted by Gasteiger charge is -2.36. The number of fused-ring (bicyclic) bond motifs is 10. The Morgan fingerprint density at radius 3 is 0.979 bits per heavy atom. The zero-order valence-corrected chi connectivity index (χ0v) is 55.4. The molecule has 0 saturated carbocycles. The highest BCUT2D eigenvalue weighted by Crippen LogP contribution is 2.64. The van der Waals surface area contributed by atoms with Crippen molar-refractivity contribution in [1.82, 2.24) is 0 Å². The lowest BCUT2D eigenvalue weighted by molar-refractivity contribution is 0.103. The molecule has 0 N–H and O–H groups in total. The topological polar surface area (TPSA) is 129 Å². The van der Waals surface area contributed by atoms with Crippen molar-refractivity contribution in [3.05, 3.63) is 339 Å². The van der Waals surface area contributed by atoms with E-state index in [0.717, 1.165) is 49.4 Å². The summed E-state index contributed by atoms with van der Waals surface area (Å²) in [7, 11) is 0. The number of Topliss-reactive ketones (excluding diaryl/α,β-unsaturated/α-hetero) is 2. The van der Waals surface area contributed by atoms with Gasteiger partial charge in [0.05, 0.1) is 10.8 Å². The fraction of sp³-hybridized carbons (Fsp3) is 0.0698. The van der Waals surface area contributed by atoms with E-state index in [0.29, 0.717) is 44.5 Å². The van der Waals surface area contributed by atoms with Gasteiger partial charge >= 0.3 is 0 Å². The molecule has 9 aromatic carbocycles. The largest absolute Gasteiger partial charge is 0.289 e. The Morgan fingerprint density at radius 2 is 0.646 bits per heavy atom. The van der Waals surface area contributed by atoms with E-state index in [2.05, 4.69) is 210 Å². The number of carbonyl (C=O) groups is 2. The van der Waals surface area contributed by atoms with E-state index >= 15 is 0 Å². The molecule has 17 rings (SSSR count). The molecular weight excluding hydrogens is 1250 g/mol. The van der Waals surface area contributed by atoms with Crippen LogP contribution in [0.2, 0.25) is 0 Å². The second kappa shape index (κ2) is 22.1. The highest BCUT2D eigenvalue weighted by Gasteiger charge is 2.52. The Balaban J connectivity index is 0.869. The highest BCUT2D eigenvalue weighted by molar-refractivity contribution is 7.27. The number of thiophene rings is 4. The molecule has 0 unspecified atom stereocenters. The van der Waals surface area contributed by atoms with Gasteiger partial charge in [-0.25, -0.2) is 0 Å². The summed E-state index contributed by atoms with van der Waals surface area (Å²) in [6, 6.07) is 86.9. The maximum Gasteiger partial charge on any atom is 0.194 e. The van der Waals surface area contributed by atoms with Crippen LogP contribution in [0.3, 0.4) is 0 Å². The van der Waals surface area contributed by atoms with Gasteiger partial charge in [0.2, 0.25) is 0 Å². The molecule has 0 aliphatic heterocycles. The average molecular weight is 1300 g/mol. The van der Waals surface area contributed by atoms with Gasteiger partial charge in [0, 0.05) is 72.1 Å². The average Bonchev–Trinajstić information content (AvgIpc) is 1.50. The molecule has 450 valence electrons. The molecule has 0 fully saturated rings. The summed E-state index contributed by atoms with van der Waals surface area (Å²) in [4.78, 5) is 34.0. The lowest BCUT2D eigenvalue weighted by Crippen LogP contribution is -2.30. The smallest absolute Gasteiger partial charge is 0.194 e. The van der Waals surface area contributed by atoms with Crippen molar-refractivity contribution in [2.45, 2.75) is 38.5 Å². The van der Waals surface area contributed by atoms with Gasteiger partial charge in [0.15, 0.2) is 11.6 Å². The molecule has 13 aromatic rings. The fourth-order valence-corrected chi connectivity index (χ4v) is 19.6. The lowest BCUT2D eigenvalue weighted by atomic mass is 9.65. The number of nitriles is 4. The number of benzene rings is 9. The van der Waals surface area contributed by atoms with Gasteiger partial charge in [-0.05, 0) is 201 Å². The molecule has 4 aromatic heterocycles. The SMILES string of the molecule is Cc1ccc(C2(c3ccc(C)cc3)c3cc4c(cc3-c3cc5sc(-c6ccc(/C=C7\C(=O)c8ccccc8C7=C(C#N)C#N)s6)cc5cc32)C(c2ccc(C)cc2)(c2ccc(C)cc2)c2cc3cc(-c5ccc(/C=C6\C(=O)c7ccccc7C6=C(C#N)C#N)s5)sc3cc2-4)cc1. The summed E-state index contributed by atoms with van der Waals surface area (Å²) >= 11 is 6.69. The van der Waals surface area contributed by atoms with Crippen LogP contribution >= 0.6 is 45.3 Å². The van der Waals surface area contributed by atoms with Crippen molar-refractivity contribution in [2.24, 2.45) is 0 Å². The van der Waals surface area contributed by atoms with Crippen LogP contribution in [0.25, 0.3) is 85.2 Å². The maximum absolute atomic E-state index is 14.0. The van der Waals surface area contributed by atoms with E-state index in [1.54, 1.807) is 69.6 Å². The van der Waals surface area contributed by atoms with Crippen molar-refractivity contribution in [3.63, 3.8) is 0 Å². The minimum Gasteiger partial charge on any atom is -0.289 e. The number of allylic oxidation sites excluding steroid dienone is 6. The van der Waals surface area contributed by atoms with Crippen molar-refractivity contribution in [2.75, 3.05) is 0 Å². The zero-order valence-electron chi connectivity index (χ0n) is 52.2. The van der Waals surface area contributed by atoms with E-state index in [9.17, 15) is 30.6 Å². The molecule has 0 spiro atoms. The first-order valence-electron chi connectivity index (χ1n) is 31.5. The predicted molar refractivity (Wildman–Crippen MR) is 391 cm³/mol. The van der Waals surface area contributed by atoms with Gasteiger partial charge < -0.3 is 0 Å². The van der Waals surface area contributed by atoms with Gasteiger partial charge in [0.25, 0.3) is 0 Å². The number of aryl methyl sites for hydroxylation is 4. The van der Waals surface area contributed by atoms with Crippen molar-refractivity contribution >= 4 is 100 Å². The van der Waals surface area contributed by atoms with E-state index in [4.69, 9.17) is 0 Å². The number of ketones is 2. The van der Waals surface area contributed by atoms with Crippen molar-refractivity contribution in [3.8, 4) is 66.0 Å². The van der Waals surface area contributed by atoms with Crippen LogP contribution in [-0.2, 0) is 10.8 Å². The molecule has 4 aliphatic carbocycles. The third-order valence-electron chi connectivity index (χ3n) is 19.8. The minimum absolute atomic E-state index is 0.0832. The zero-order chi connectivity index (χ0) is 65.5. The second-order valence-corrected chi connectivity index (χ2v) is 29.6. The summed E-state index contributed by atoms with van der Waals surface area (Å²) in [5, 5.41) is 42.5. The Bertz CT molecular complexity index is 5460. The van der Waals surface area contributed by atoms with Crippen molar-refractivity contribution < 1.29 is 9.59 Å². The van der Waals surface area contributed by atoms with Crippen LogP contribution in [0.15, 0.2) is 241 Å². The third-order valence-corrected chi connectivity index (χ3v) is 24.4. The quantitative estimate of drug-likeness (QED) is 0.110. The Kier molecular flexibility index (Phi) is 13.4. The number of hydrogen-bond acceptors (Lipinski definition) is 10. The summed E-state index contributed by atoms with van der Waals surface area (Å²) in [6.07, 6.45) is 3.67. The third kappa shape index (κ3) is 8.61. The fourth-order valence-electron chi connectivity index (χ4n) is 15.3. The van der Waals surface area contributed by atoms with Crippen LogP contribution in [-0.4, -0.2) is 11.6 Å². The number of nitrogens with zero attached hydrogens (tertiary/aromatic N) is 4. The van der Waals surface area contributed by atoms with Crippen LogP contribution in [0, 0.1) is 73.0 Å². The van der Waals surface area contributed by atoms with E-state index in [1.807, 2.05) is 48.6 Å². The van der Waals surface area contributed by atoms with Crippen LogP contribution in [0.5, 0.6) is 0 Å². The Morgan fingerprint density at radius 1 is 0.333 bits per heavy atom. The molecule has 4 aliphatic rings. The van der Waals surface area contributed by atoms with Gasteiger partial charge in [-0.15, -0.1) is 45.3 Å². The molecule has 96 heavy (non-hydrogen) atoms. The molecule has 0 atom stereocenters. The summed E-state index contributed by atoms with van der Waals surface area (Å²) in [5.41, 5.74) is 20.9. The van der Waals surface area contributed by atoms with Crippen LogP contribution in [0.4, 0.5) is 0 Å². The van der Waals surface area contributed by atoms with Gasteiger partial charge in [-0.1, -0.05) is 168 Å². The van der Waals surface area contributed by atoms with Crippen LogP contribution < -0.4 is 0 Å². The molecule has 6 nitrogen and oxygen atoms in total. The summed E-state index contributed by atoms with van der Waals surface area (Å²) in [5.74, 6) is -0.397. The number of rotatable bonds is 8. The number of carbonyl (C=O) groups excluding carboxylic acids is 2. The molecule has 0 radical (unpaired) electrons.